The highest BCUT2D eigenvalue weighted by Gasteiger charge is 2.64. The number of halogens is 8. The van der Waals surface area contributed by atoms with Gasteiger partial charge in [0.1, 0.15) is 23.3 Å². The molecule has 37 heteroatoms. The Labute approximate surface area is 729 Å². The summed E-state index contributed by atoms with van der Waals surface area (Å²) in [7, 11) is 3.81. The Kier molecular flexibility index (Phi) is 32.1. The molecule has 3 fully saturated rings. The summed E-state index contributed by atoms with van der Waals surface area (Å²) in [6, 6.07) is 30.4. The Hall–Kier alpha value is -8.92. The van der Waals surface area contributed by atoms with E-state index in [1.165, 1.54) is 92.7 Å². The van der Waals surface area contributed by atoms with Crippen molar-refractivity contribution in [2.45, 2.75) is 172 Å². The fourth-order valence-electron chi connectivity index (χ4n) is 11.6. The van der Waals surface area contributed by atoms with Gasteiger partial charge in [-0.15, -0.1) is 10.2 Å². The molecule has 0 amide bonds. The van der Waals surface area contributed by atoms with Gasteiger partial charge in [0.15, 0.2) is 22.9 Å². The van der Waals surface area contributed by atoms with Gasteiger partial charge in [-0.3, -0.25) is 29.1 Å². The number of rotatable bonds is 9. The summed E-state index contributed by atoms with van der Waals surface area (Å²) in [5, 5.41) is 8.72. The Morgan fingerprint density at radius 1 is 0.462 bits per heavy atom. The van der Waals surface area contributed by atoms with Crippen molar-refractivity contribution in [1.82, 2.24) is 67.8 Å². The van der Waals surface area contributed by atoms with Crippen molar-refractivity contribution in [2.75, 3.05) is 16.4 Å². The van der Waals surface area contributed by atoms with E-state index < -0.39 is 32.8 Å². The van der Waals surface area contributed by atoms with Gasteiger partial charge in [0.05, 0.1) is 79.3 Å². The number of alkyl halides is 1. The molecule has 15 rings (SSSR count). The third-order valence-electron chi connectivity index (χ3n) is 21.0. The summed E-state index contributed by atoms with van der Waals surface area (Å²) in [4.78, 5) is 75.8. The van der Waals surface area contributed by atoms with Gasteiger partial charge in [0.2, 0.25) is 28.6 Å². The number of anilines is 2. The Morgan fingerprint density at radius 3 is 1.27 bits per heavy atom. The summed E-state index contributed by atoms with van der Waals surface area (Å²) >= 11 is 12.2. The summed E-state index contributed by atoms with van der Waals surface area (Å²) in [6.45, 7) is 31.7. The number of nitrogens with zero attached hydrogens (tertiary/aromatic N) is 13. The Bertz CT molecular complexity index is 5790. The molecule has 0 spiro atoms. The van der Waals surface area contributed by atoms with Gasteiger partial charge < -0.3 is 58.1 Å². The van der Waals surface area contributed by atoms with E-state index >= 15 is 0 Å². The van der Waals surface area contributed by atoms with Crippen LogP contribution in [0.2, 0.25) is 0 Å². The van der Waals surface area contributed by atoms with Crippen LogP contribution in [-0.4, -0.2) is 127 Å². The number of aromatic nitrogens is 14. The van der Waals surface area contributed by atoms with Crippen LogP contribution >= 0.6 is 70.4 Å². The van der Waals surface area contributed by atoms with E-state index in [0.717, 1.165) is 31.5 Å². The Morgan fingerprint density at radius 2 is 0.840 bits per heavy atom. The lowest BCUT2D eigenvalue weighted by molar-refractivity contribution is 0.00578. The molecule has 119 heavy (non-hydrogen) atoms. The largest absolute Gasteiger partial charge is 0.496 e. The van der Waals surface area contributed by atoms with Crippen molar-refractivity contribution in [3.05, 3.63) is 258 Å². The van der Waals surface area contributed by atoms with E-state index in [1.54, 1.807) is 91.8 Å². The lowest BCUT2D eigenvalue weighted by Gasteiger charge is -2.32. The van der Waals surface area contributed by atoms with E-state index in [2.05, 4.69) is 115 Å². The standard InChI is InChI=1S/C24H19F2N7O.C17H11BrF2N6.C13H20BNO3.C12H24B2O4.C7H8BrNO.C6H6BrNO.CH3I.2CH4/c1-13-16(9-10-20(34)32(13)2)21-22(14-5-7-15(25)8-6-14)30-24(27)33-23(21)29-19(31-33)12-18-17(26)4-3-11-28-18;18-14-15(9-3-5-10(19)6-4-9)24-17(21)26-16(14)23-13(25-26)8-12-11(20)2-1-7-22-12;1-9-10(7-8-11(16)15(9)6)14-17-12(2,3)13(4,5)18-14;1-9(2)10(3,4)16-13(15-9)14-17-11(5,6)12(7,8)18-14;1-5-6(8)3-4-7(10)9(5)2;1-4-5(7)2-3-6(9)8-4;1-2;;/h3-11H,12H2,1-2H3,(H2,27,30);1-7H,8H2,(H2,21,24);7-8H,1-6H3;1-8H3;3-4H,1-2H3;2-3H,1H3,(H,8,9);1H3;2*1H4. The molecular weight excluding hydrogens is 1840 g/mol. The fraction of sp³-hybridized carbons (Fsp3) is 0.366. The molecule has 0 bridgehead atoms. The van der Waals surface area contributed by atoms with Gasteiger partial charge in [0.25, 0.3) is 5.56 Å². The minimum atomic E-state index is -0.476. The molecule has 2 aromatic carbocycles. The number of nitrogens with two attached hydrogens (primary N) is 2. The van der Waals surface area contributed by atoms with E-state index in [0.29, 0.717) is 66.8 Å². The van der Waals surface area contributed by atoms with Gasteiger partial charge in [-0.05, 0) is 254 Å². The van der Waals surface area contributed by atoms with Crippen LogP contribution in [0.4, 0.5) is 29.5 Å². The summed E-state index contributed by atoms with van der Waals surface area (Å²) in [6.07, 6.45) is 3.17. The van der Waals surface area contributed by atoms with Crippen molar-refractivity contribution < 1.29 is 45.5 Å². The van der Waals surface area contributed by atoms with E-state index in [4.69, 9.17) is 39.4 Å². The molecule has 0 radical (unpaired) electrons. The Balaban J connectivity index is 0.000000206. The van der Waals surface area contributed by atoms with E-state index in [-0.39, 0.29) is 118 Å². The van der Waals surface area contributed by atoms with Gasteiger partial charge >= 0.3 is 21.1 Å². The van der Waals surface area contributed by atoms with Crippen molar-refractivity contribution >= 4 is 120 Å². The SMILES string of the molecule is C.C.CC1(C)OB(B2OC(C)(C)C(C)(C)O2)OC1(C)C.CI.Cc1[nH]c(=O)ccc1Br.Cc1c(-c2c(-c3ccc(F)cc3)nc(N)n3nc(Cc4ncccc4F)nc23)ccc(=O)n1C.Cc1c(B2OC(C)(C)C(C)(C)O2)ccc(=O)n1C.Cc1c(Br)ccc(=O)n1C.Nc1nc(-c2ccc(F)cc2)c(Br)c2nc(Cc3ncccc3F)nn12. The quantitative estimate of drug-likeness (QED) is 0.0523. The third kappa shape index (κ3) is 22.1. The molecule has 0 atom stereocenters. The van der Waals surface area contributed by atoms with Crippen LogP contribution in [-0.2, 0) is 61.9 Å². The molecule has 3 aliphatic heterocycles. The average Bonchev–Trinajstić information content (AvgIpc) is 1.50. The van der Waals surface area contributed by atoms with Gasteiger partial charge in [0, 0.05) is 112 Å². The number of aryl methyl sites for hydroxylation is 1. The molecular formula is C82H99B3Br3F4IN16O10. The molecule has 13 heterocycles. The molecule has 10 aromatic heterocycles. The first-order chi connectivity index (χ1) is 54.7. The van der Waals surface area contributed by atoms with Crippen molar-refractivity contribution in [2.24, 2.45) is 21.1 Å². The minimum absolute atomic E-state index is 0. The van der Waals surface area contributed by atoms with Crippen molar-refractivity contribution in [3.63, 3.8) is 0 Å². The summed E-state index contributed by atoms with van der Waals surface area (Å²) in [5.74, 6) is -0.805. The zero-order valence-electron chi connectivity index (χ0n) is 68.4. The number of hydrogen-bond acceptors (Lipinski definition) is 20. The first-order valence-corrected chi connectivity index (χ1v) is 41.2. The summed E-state index contributed by atoms with van der Waals surface area (Å²) < 4.78 is 101. The van der Waals surface area contributed by atoms with Crippen LogP contribution in [0.15, 0.2) is 166 Å². The highest BCUT2D eigenvalue weighted by Crippen LogP contribution is 2.44. The highest BCUT2D eigenvalue weighted by atomic mass is 127. The van der Waals surface area contributed by atoms with Crippen LogP contribution < -0.4 is 39.2 Å². The molecule has 3 aliphatic rings. The second-order valence-corrected chi connectivity index (χ2v) is 32.9. The maximum Gasteiger partial charge on any atom is 0.496 e. The molecule has 26 nitrogen and oxygen atoms in total. The second kappa shape index (κ2) is 39.3. The number of hydrogen-bond donors (Lipinski definition) is 3. The molecule has 0 saturated carbocycles. The molecule has 12 aromatic rings. The predicted octanol–water partition coefficient (Wildman–Crippen LogP) is 15.2. The van der Waals surface area contributed by atoms with E-state index in [9.17, 15) is 36.7 Å². The predicted molar refractivity (Wildman–Crippen MR) is 480 cm³/mol. The summed E-state index contributed by atoms with van der Waals surface area (Å²) in [5.41, 5.74) is 18.9. The van der Waals surface area contributed by atoms with Crippen LogP contribution in [0.3, 0.4) is 0 Å². The number of fused-ring (bicyclic) bond motifs is 2. The van der Waals surface area contributed by atoms with Crippen molar-refractivity contribution in [3.8, 4) is 33.6 Å². The minimum Gasteiger partial charge on any atom is -0.405 e. The molecule has 632 valence electrons. The number of pyridine rings is 6. The van der Waals surface area contributed by atoms with Crippen LogP contribution in [0.25, 0.3) is 44.9 Å². The van der Waals surface area contributed by atoms with Crippen LogP contribution in [0.5, 0.6) is 0 Å². The molecule has 5 N–H and O–H groups in total. The monoisotopic (exact) mass is 1940 g/mol. The van der Waals surface area contributed by atoms with Crippen LogP contribution in [0, 0.1) is 51.0 Å². The van der Waals surface area contributed by atoms with Gasteiger partial charge in [-0.25, -0.2) is 37.5 Å². The molecule has 0 aliphatic carbocycles. The zero-order valence-corrected chi connectivity index (χ0v) is 75.3. The second-order valence-electron chi connectivity index (χ2n) is 30.4. The maximum atomic E-state index is 14.2. The number of aromatic amines is 1. The van der Waals surface area contributed by atoms with Crippen molar-refractivity contribution in [1.29, 1.82) is 0 Å². The lowest BCUT2D eigenvalue weighted by atomic mass is 9.49. The van der Waals surface area contributed by atoms with E-state index in [1.807, 2.05) is 109 Å². The number of benzene rings is 2. The maximum absolute atomic E-state index is 14.2. The number of nitrogens with one attached hydrogen (secondary N) is 1. The smallest absolute Gasteiger partial charge is 0.405 e. The number of H-pyrrole nitrogens is 1. The average molecular weight is 1940 g/mol. The van der Waals surface area contributed by atoms with Gasteiger partial charge in [-0.1, -0.05) is 43.5 Å². The lowest BCUT2D eigenvalue weighted by Crippen LogP contribution is -2.41. The van der Waals surface area contributed by atoms with Crippen LogP contribution in [0.1, 0.15) is 144 Å². The first kappa shape index (κ1) is 97.2. The third-order valence-corrected chi connectivity index (χ3v) is 23.5. The van der Waals surface area contributed by atoms with Gasteiger partial charge in [-0.2, -0.15) is 9.03 Å². The fourth-order valence-corrected chi connectivity index (χ4v) is 12.8. The normalized spacial score (nSPS) is 15.3. The molecule has 0 unspecified atom stereocenters. The zero-order chi connectivity index (χ0) is 86.5. The first-order valence-electron chi connectivity index (χ1n) is 36.6. The number of nitrogen functional groups attached to an aromatic ring is 2. The highest BCUT2D eigenvalue weighted by molar-refractivity contribution is 14.1. The molecule has 3 saturated heterocycles. The topological polar surface area (TPSA) is 318 Å².